The van der Waals surface area contributed by atoms with Crippen LogP contribution in [-0.2, 0) is 11.3 Å². The zero-order valence-corrected chi connectivity index (χ0v) is 17.4. The van der Waals surface area contributed by atoms with Crippen molar-refractivity contribution in [2.24, 2.45) is 0 Å². The second-order valence-electron chi connectivity index (χ2n) is 6.89. The van der Waals surface area contributed by atoms with Crippen LogP contribution in [0.25, 0.3) is 0 Å². The summed E-state index contributed by atoms with van der Waals surface area (Å²) in [4.78, 5) is 25.1. The maximum atomic E-state index is 12.6. The van der Waals surface area contributed by atoms with Gasteiger partial charge in [0.05, 0.1) is 17.8 Å². The second kappa shape index (κ2) is 10.6. The fraction of sp³-hybridized carbons (Fsp3) is 0.167. The smallest absolute Gasteiger partial charge is 0.253 e. The first-order valence-electron chi connectivity index (χ1n) is 9.73. The van der Waals surface area contributed by atoms with E-state index in [9.17, 15) is 9.59 Å². The Kier molecular flexibility index (Phi) is 7.60. The summed E-state index contributed by atoms with van der Waals surface area (Å²) in [5.41, 5.74) is 2.82. The third-order valence-electron chi connectivity index (χ3n) is 4.68. The Hall–Kier alpha value is -3.15. The third-order valence-corrected chi connectivity index (χ3v) is 5.03. The number of amides is 2. The molecule has 3 rings (SSSR count). The standard InChI is InChI=1S/C24H24ClN3O2/c1-17(19-11-5-7-13-21(19)25)26-16-23(29)28-22-14-8-6-12-20(22)24(30)27-15-18-9-3-2-4-10-18/h2-14,17,26H,15-16H2,1H3,(H,27,30)(H,28,29)/t17-/m0/s1. The molecule has 2 amide bonds. The van der Waals surface area contributed by atoms with Crippen molar-refractivity contribution in [1.29, 1.82) is 0 Å². The predicted molar refractivity (Wildman–Crippen MR) is 121 cm³/mol. The van der Waals surface area contributed by atoms with Gasteiger partial charge < -0.3 is 16.0 Å². The van der Waals surface area contributed by atoms with E-state index in [2.05, 4.69) is 16.0 Å². The average Bonchev–Trinajstić information content (AvgIpc) is 2.77. The molecule has 0 saturated carbocycles. The number of carbonyl (C=O) groups excluding carboxylic acids is 2. The Morgan fingerprint density at radius 1 is 0.900 bits per heavy atom. The molecule has 0 fully saturated rings. The highest BCUT2D eigenvalue weighted by Crippen LogP contribution is 2.22. The molecule has 0 radical (unpaired) electrons. The molecule has 0 aliphatic heterocycles. The fourth-order valence-corrected chi connectivity index (χ4v) is 3.34. The number of hydrogen-bond acceptors (Lipinski definition) is 3. The number of carbonyl (C=O) groups is 2. The van der Waals surface area contributed by atoms with Crippen LogP contribution >= 0.6 is 11.6 Å². The molecule has 0 heterocycles. The molecule has 6 heteroatoms. The van der Waals surface area contributed by atoms with Crippen molar-refractivity contribution in [3.8, 4) is 0 Å². The lowest BCUT2D eigenvalue weighted by Crippen LogP contribution is -2.31. The van der Waals surface area contributed by atoms with Crippen LogP contribution in [0.3, 0.4) is 0 Å². The van der Waals surface area contributed by atoms with E-state index in [4.69, 9.17) is 11.6 Å². The molecule has 1 atom stereocenters. The molecule has 3 aromatic carbocycles. The Morgan fingerprint density at radius 2 is 1.57 bits per heavy atom. The molecular weight excluding hydrogens is 398 g/mol. The zero-order valence-electron chi connectivity index (χ0n) is 16.7. The Balaban J connectivity index is 1.58. The summed E-state index contributed by atoms with van der Waals surface area (Å²) in [5.74, 6) is -0.482. The normalized spacial score (nSPS) is 11.5. The van der Waals surface area contributed by atoms with Gasteiger partial charge in [0.15, 0.2) is 0 Å². The summed E-state index contributed by atoms with van der Waals surface area (Å²) in [7, 11) is 0. The van der Waals surface area contributed by atoms with Gasteiger partial charge in [-0.15, -0.1) is 0 Å². The van der Waals surface area contributed by atoms with E-state index in [1.165, 1.54) is 0 Å². The van der Waals surface area contributed by atoms with Crippen molar-refractivity contribution in [2.45, 2.75) is 19.5 Å². The number of rotatable bonds is 8. The van der Waals surface area contributed by atoms with Gasteiger partial charge in [-0.05, 0) is 36.2 Å². The van der Waals surface area contributed by atoms with Gasteiger partial charge >= 0.3 is 0 Å². The van der Waals surface area contributed by atoms with E-state index in [-0.39, 0.29) is 24.4 Å². The maximum Gasteiger partial charge on any atom is 0.253 e. The van der Waals surface area contributed by atoms with Gasteiger partial charge in [-0.25, -0.2) is 0 Å². The van der Waals surface area contributed by atoms with Crippen LogP contribution in [0.5, 0.6) is 0 Å². The lowest BCUT2D eigenvalue weighted by atomic mass is 10.1. The molecule has 0 aliphatic carbocycles. The minimum absolute atomic E-state index is 0.0890. The van der Waals surface area contributed by atoms with Crippen molar-refractivity contribution in [3.63, 3.8) is 0 Å². The molecule has 0 saturated heterocycles. The number of nitrogens with one attached hydrogen (secondary N) is 3. The Labute approximate surface area is 181 Å². The van der Waals surface area contributed by atoms with Gasteiger partial charge in [-0.3, -0.25) is 9.59 Å². The van der Waals surface area contributed by atoms with Crippen LogP contribution < -0.4 is 16.0 Å². The van der Waals surface area contributed by atoms with Gasteiger partial charge in [0.1, 0.15) is 0 Å². The van der Waals surface area contributed by atoms with Crippen LogP contribution in [0.15, 0.2) is 78.9 Å². The number of anilines is 1. The van der Waals surface area contributed by atoms with Gasteiger partial charge in [0.25, 0.3) is 5.91 Å². The van der Waals surface area contributed by atoms with E-state index >= 15 is 0 Å². The largest absolute Gasteiger partial charge is 0.348 e. The van der Waals surface area contributed by atoms with Gasteiger partial charge in [0, 0.05) is 17.6 Å². The van der Waals surface area contributed by atoms with Gasteiger partial charge in [-0.1, -0.05) is 72.3 Å². The molecule has 0 aromatic heterocycles. The van der Waals surface area contributed by atoms with Crippen molar-refractivity contribution in [2.75, 3.05) is 11.9 Å². The molecule has 0 aliphatic rings. The monoisotopic (exact) mass is 421 g/mol. The van der Waals surface area contributed by atoms with Crippen LogP contribution in [0.4, 0.5) is 5.69 Å². The van der Waals surface area contributed by atoms with Crippen molar-refractivity contribution < 1.29 is 9.59 Å². The molecule has 0 unspecified atom stereocenters. The maximum absolute atomic E-state index is 12.6. The summed E-state index contributed by atoms with van der Waals surface area (Å²) in [6.07, 6.45) is 0. The zero-order chi connectivity index (χ0) is 21.3. The molecule has 154 valence electrons. The lowest BCUT2D eigenvalue weighted by molar-refractivity contribution is -0.115. The van der Waals surface area contributed by atoms with Crippen molar-refractivity contribution >= 4 is 29.1 Å². The highest BCUT2D eigenvalue weighted by atomic mass is 35.5. The molecule has 3 aromatic rings. The topological polar surface area (TPSA) is 70.2 Å². The minimum Gasteiger partial charge on any atom is -0.348 e. The van der Waals surface area contributed by atoms with Gasteiger partial charge in [0.2, 0.25) is 5.91 Å². The highest BCUT2D eigenvalue weighted by Gasteiger charge is 2.14. The molecule has 0 spiro atoms. The van der Waals surface area contributed by atoms with Crippen LogP contribution in [0.2, 0.25) is 5.02 Å². The number of benzene rings is 3. The quantitative estimate of drug-likeness (QED) is 0.499. The third kappa shape index (κ3) is 5.92. The van der Waals surface area contributed by atoms with Crippen LogP contribution in [-0.4, -0.2) is 18.4 Å². The highest BCUT2D eigenvalue weighted by molar-refractivity contribution is 6.31. The summed E-state index contributed by atoms with van der Waals surface area (Å²) in [6, 6.07) is 24.0. The fourth-order valence-electron chi connectivity index (χ4n) is 3.04. The van der Waals surface area contributed by atoms with Crippen molar-refractivity contribution in [3.05, 3.63) is 101 Å². The van der Waals surface area contributed by atoms with Crippen molar-refractivity contribution in [1.82, 2.24) is 10.6 Å². The first-order chi connectivity index (χ1) is 14.5. The summed E-state index contributed by atoms with van der Waals surface area (Å²) in [5, 5.41) is 9.51. The van der Waals surface area contributed by atoms with E-state index in [1.807, 2.05) is 61.5 Å². The number of halogens is 1. The second-order valence-corrected chi connectivity index (χ2v) is 7.29. The molecule has 3 N–H and O–H groups in total. The molecular formula is C24H24ClN3O2. The first kappa shape index (κ1) is 21.6. The van der Waals surface area contributed by atoms with E-state index in [0.29, 0.717) is 22.8 Å². The van der Waals surface area contributed by atoms with E-state index < -0.39 is 0 Å². The molecule has 5 nitrogen and oxygen atoms in total. The summed E-state index contributed by atoms with van der Waals surface area (Å²) >= 11 is 6.21. The summed E-state index contributed by atoms with van der Waals surface area (Å²) in [6.45, 7) is 2.45. The first-order valence-corrected chi connectivity index (χ1v) is 10.1. The average molecular weight is 422 g/mol. The summed E-state index contributed by atoms with van der Waals surface area (Å²) < 4.78 is 0. The van der Waals surface area contributed by atoms with Gasteiger partial charge in [-0.2, -0.15) is 0 Å². The molecule has 30 heavy (non-hydrogen) atoms. The van der Waals surface area contributed by atoms with E-state index in [1.54, 1.807) is 24.3 Å². The lowest BCUT2D eigenvalue weighted by Gasteiger charge is -2.16. The minimum atomic E-state index is -0.243. The Morgan fingerprint density at radius 3 is 2.33 bits per heavy atom. The number of hydrogen-bond donors (Lipinski definition) is 3. The SMILES string of the molecule is C[C@H](NCC(=O)Nc1ccccc1C(=O)NCc1ccccc1)c1ccccc1Cl. The number of para-hydroxylation sites is 1. The van der Waals surface area contributed by atoms with Crippen LogP contribution in [0, 0.1) is 0 Å². The van der Waals surface area contributed by atoms with Crippen LogP contribution in [0.1, 0.15) is 34.5 Å². The van der Waals surface area contributed by atoms with E-state index in [0.717, 1.165) is 11.1 Å². The predicted octanol–water partition coefficient (Wildman–Crippen LogP) is 4.56. The Bertz CT molecular complexity index is 1010. The molecule has 0 bridgehead atoms.